The van der Waals surface area contributed by atoms with Crippen molar-refractivity contribution in [1.82, 2.24) is 0 Å². The van der Waals surface area contributed by atoms with Gasteiger partial charge in [-0.2, -0.15) is 0 Å². The van der Waals surface area contributed by atoms with Crippen LogP contribution in [0.15, 0.2) is 0 Å². The van der Waals surface area contributed by atoms with E-state index in [2.05, 4.69) is 0 Å². The molecular weight excluding hydrogens is 456 g/mol. The van der Waals surface area contributed by atoms with E-state index in [0.29, 0.717) is 0 Å². The summed E-state index contributed by atoms with van der Waals surface area (Å²) < 4.78 is 646. The van der Waals surface area contributed by atoms with Gasteiger partial charge in [-0.25, -0.2) is 0 Å². The van der Waals surface area contributed by atoms with Gasteiger partial charge in [-0.15, -0.1) is 0 Å². The van der Waals surface area contributed by atoms with E-state index in [9.17, 15) is 0 Å². The van der Waals surface area contributed by atoms with E-state index < -0.39 is 243 Å². The smallest absolute Gasteiger partial charge is 0.0267 e. The molecule has 0 unspecified atom stereocenters. The standard InChI is InChI=1S/C38H78/c1-3-5-7-9-11-13-15-17-19-21-23-25-27-29-31-33-35-37-38-36-34-32-30-28-26-24-22-20-18-16-14-12-10-8-6-4-2/h3-38H2,1-2H3/i1D3,2D3,3D2,4D2,5D2,6D2,7D2,8D2,9D2,10D2,11D2,12D2,13D2,14D2,15D2,16D2,17D2,18D2,19D2,20D2,21D2,22D2,23D2,24D2,25D2,26D2,27D2,28D2,29D2,30D2,31D2,32D2,33D2,34D2,35D2,36D2,37D2,38D2. The highest BCUT2D eigenvalue weighted by atomic mass is 14.0. The summed E-state index contributed by atoms with van der Waals surface area (Å²) in [5, 5.41) is 0. The summed E-state index contributed by atoms with van der Waals surface area (Å²) in [5.74, 6) is 0. The molecule has 0 amide bonds. The second kappa shape index (κ2) is 37.0. The lowest BCUT2D eigenvalue weighted by Gasteiger charge is -2.05. The third-order valence-corrected chi connectivity index (χ3v) is 2.19. The molecule has 0 aromatic heterocycles. The molecule has 0 nitrogen and oxygen atoms in total. The monoisotopic (exact) mass is 613 g/mol. The zero-order valence-corrected chi connectivity index (χ0v) is 19.0. The molecular formula is C38H78. The normalized spacial score (nSPS) is 56.2. The van der Waals surface area contributed by atoms with Crippen molar-refractivity contribution >= 4 is 0 Å². The summed E-state index contributed by atoms with van der Waals surface area (Å²) in [7, 11) is 0. The minimum absolute atomic E-state index is 4.34. The summed E-state index contributed by atoms with van der Waals surface area (Å²) >= 11 is 0. The van der Waals surface area contributed by atoms with E-state index in [1.165, 1.54) is 0 Å². The van der Waals surface area contributed by atoms with Crippen LogP contribution in [0.2, 0.25) is 0 Å². The fraction of sp³-hybridized carbons (Fsp3) is 1.00. The Balaban J connectivity index is 8.59. The average Bonchev–Trinajstić information content (AvgIpc) is 0.675. The third-order valence-electron chi connectivity index (χ3n) is 2.19. The van der Waals surface area contributed by atoms with E-state index in [4.69, 9.17) is 107 Å². The van der Waals surface area contributed by atoms with Gasteiger partial charge in [0, 0.05) is 107 Å². The Bertz CT molecular complexity index is 3230. The van der Waals surface area contributed by atoms with Crippen LogP contribution >= 0.6 is 0 Å². The molecule has 0 bridgehead atoms. The van der Waals surface area contributed by atoms with Gasteiger partial charge in [0.25, 0.3) is 0 Å². The molecule has 0 atom stereocenters. The maximum absolute atomic E-state index is 8.54. The molecule has 0 aromatic carbocycles. The van der Waals surface area contributed by atoms with Crippen LogP contribution in [-0.2, 0) is 0 Å². The molecule has 0 aliphatic carbocycles. The topological polar surface area (TPSA) is 0 Å². The van der Waals surface area contributed by atoms with Gasteiger partial charge in [0.1, 0.15) is 0 Å². The molecule has 0 aliphatic heterocycles. The Morgan fingerprint density at radius 2 is 0.316 bits per heavy atom. The summed E-state index contributed by atoms with van der Waals surface area (Å²) in [6.45, 7) is -8.67. The van der Waals surface area contributed by atoms with Gasteiger partial charge < -0.3 is 0 Å². The van der Waals surface area contributed by atoms with Gasteiger partial charge >= 0.3 is 0 Å². The van der Waals surface area contributed by atoms with Crippen molar-refractivity contribution in [1.29, 1.82) is 0 Å². The lowest BCUT2D eigenvalue weighted by Crippen LogP contribution is -1.85. The van der Waals surface area contributed by atoms with E-state index in [0.717, 1.165) is 0 Å². The van der Waals surface area contributed by atoms with Gasteiger partial charge in [0.15, 0.2) is 0 Å². The molecule has 0 N–H and O–H groups in total. The zero-order chi connectivity index (χ0) is 97.0. The summed E-state index contributed by atoms with van der Waals surface area (Å²) in [6.07, 6.45) is -200. The molecule has 0 heterocycles. The van der Waals surface area contributed by atoms with Crippen LogP contribution < -0.4 is 0 Å². The predicted octanol–water partition coefficient (Wildman–Crippen LogP) is 15.1. The first-order chi connectivity index (χ1) is 48.2. The Labute approximate surface area is 354 Å². The quantitative estimate of drug-likeness (QED) is 0.0667. The second-order valence-corrected chi connectivity index (χ2v) is 4.50. The fourth-order valence-corrected chi connectivity index (χ4v) is 1.06. The molecule has 0 rings (SSSR count). The van der Waals surface area contributed by atoms with Crippen LogP contribution in [0, 0.1) is 0 Å². The molecule has 38 heavy (non-hydrogen) atoms. The summed E-state index contributed by atoms with van der Waals surface area (Å²) in [6, 6.07) is 0. The first-order valence-corrected chi connectivity index (χ1v) is 9.25. The van der Waals surface area contributed by atoms with Crippen LogP contribution in [0.1, 0.15) is 350 Å². The number of hydrogen-bond acceptors (Lipinski definition) is 0. The largest absolute Gasteiger partial charge is 0.0654 e. The van der Waals surface area contributed by atoms with Crippen LogP contribution in [0.4, 0.5) is 0 Å². The van der Waals surface area contributed by atoms with Crippen LogP contribution in [0.3, 0.4) is 0 Å². The number of rotatable bonds is 35. The molecule has 230 valence electrons. The molecule has 0 saturated carbocycles. The number of hydrogen-bond donors (Lipinski definition) is 0. The van der Waals surface area contributed by atoms with Gasteiger partial charge in [-0.1, -0.05) is 243 Å². The Hall–Kier alpha value is 0. The Morgan fingerprint density at radius 1 is 0.211 bits per heavy atom. The first kappa shape index (κ1) is 3.93. The minimum Gasteiger partial charge on any atom is -0.0654 e. The molecule has 0 spiro atoms. The van der Waals surface area contributed by atoms with Crippen LogP contribution in [-0.4, -0.2) is 0 Å². The van der Waals surface area contributed by atoms with Crippen molar-refractivity contribution in [3.05, 3.63) is 0 Å². The van der Waals surface area contributed by atoms with E-state index in [1.807, 2.05) is 0 Å². The highest BCUT2D eigenvalue weighted by Gasteiger charge is 1.97. The fourth-order valence-electron chi connectivity index (χ4n) is 1.06. The molecule has 0 aliphatic rings. The average molecular weight is 614 g/mol. The molecule has 0 radical (unpaired) electrons. The van der Waals surface area contributed by atoms with E-state index >= 15 is 0 Å². The first-order valence-electron chi connectivity index (χ1n) is 48.2. The lowest BCUT2D eigenvalue weighted by molar-refractivity contribution is 0.510. The van der Waals surface area contributed by atoms with Crippen molar-refractivity contribution in [3.8, 4) is 0 Å². The Morgan fingerprint density at radius 3 is 0.421 bits per heavy atom. The summed E-state index contributed by atoms with van der Waals surface area (Å²) in [5.41, 5.74) is 0. The van der Waals surface area contributed by atoms with Crippen molar-refractivity contribution in [3.63, 3.8) is 0 Å². The van der Waals surface area contributed by atoms with Crippen molar-refractivity contribution < 1.29 is 107 Å². The van der Waals surface area contributed by atoms with Gasteiger partial charge in [-0.05, 0) is 0 Å². The predicted molar refractivity (Wildman–Crippen MR) is 178 cm³/mol. The lowest BCUT2D eigenvalue weighted by atomic mass is 10.0. The molecule has 0 aromatic rings. The van der Waals surface area contributed by atoms with Crippen molar-refractivity contribution in [2.45, 2.75) is 243 Å². The van der Waals surface area contributed by atoms with Gasteiger partial charge in [-0.3, -0.25) is 0 Å². The zero-order valence-electron chi connectivity index (χ0n) is 97.0. The maximum atomic E-state index is 8.54. The van der Waals surface area contributed by atoms with Crippen molar-refractivity contribution in [2.75, 3.05) is 0 Å². The Kier molecular flexibility index (Phi) is 3.83. The second-order valence-electron chi connectivity index (χ2n) is 4.50. The minimum atomic E-state index is -5.85. The summed E-state index contributed by atoms with van der Waals surface area (Å²) in [4.78, 5) is 0. The maximum Gasteiger partial charge on any atom is 0.0267 e. The van der Waals surface area contributed by atoms with Gasteiger partial charge in [0.05, 0.1) is 0 Å². The molecule has 0 fully saturated rings. The SMILES string of the molecule is [2H]C([2H])([2H])C([2H])([2H])C([2H])([2H])C([2H])([2H])C([2H])([2H])C([2H])([2H])C([2H])([2H])C([2H])([2H])C([2H])([2H])C([2H])([2H])C([2H])([2H])C([2H])([2H])C([2H])([2H])C([2H])([2H])C([2H])([2H])C([2H])([2H])C([2H])([2H])C([2H])([2H])C([2H])([2H])C([2H])([2H])C([2H])([2H])C([2H])([2H])C([2H])([2H])C([2H])([2H])C([2H])([2H])C([2H])([2H])C([2H])([2H])C([2H])([2H])C([2H])([2H])C([2H])([2H])C([2H])([2H])C([2H])([2H])C([2H])([2H])C([2H])([2H])C([2H])([2H])C([2H])([2H])C([2H])([2H])C([2H])([2H])[2H]. The molecule has 0 heteroatoms. The van der Waals surface area contributed by atoms with E-state index in [1.54, 1.807) is 0 Å². The molecule has 0 saturated heterocycles. The van der Waals surface area contributed by atoms with Crippen LogP contribution in [0.25, 0.3) is 0 Å². The highest BCUT2D eigenvalue weighted by molar-refractivity contribution is 4.53. The van der Waals surface area contributed by atoms with Crippen LogP contribution in [0.5, 0.6) is 0 Å². The van der Waals surface area contributed by atoms with Crippen molar-refractivity contribution in [2.24, 2.45) is 0 Å². The highest BCUT2D eigenvalue weighted by Crippen LogP contribution is 2.17. The van der Waals surface area contributed by atoms with Gasteiger partial charge in [0.2, 0.25) is 0 Å². The van der Waals surface area contributed by atoms with E-state index in [-0.39, 0.29) is 0 Å². The third kappa shape index (κ3) is 36.0.